The number of aliphatic carboxylic acids is 1. The van der Waals surface area contributed by atoms with Crippen LogP contribution in [0.2, 0.25) is 0 Å². The maximum absolute atomic E-state index is 12.1. The lowest BCUT2D eigenvalue weighted by Gasteiger charge is -2.15. The summed E-state index contributed by atoms with van der Waals surface area (Å²) in [6.07, 6.45) is -0.568. The largest absolute Gasteiger partial charge is 0.479 e. The molecule has 0 spiro atoms. The van der Waals surface area contributed by atoms with E-state index in [1.807, 2.05) is 36.4 Å². The zero-order valence-electron chi connectivity index (χ0n) is 13.2. The summed E-state index contributed by atoms with van der Waals surface area (Å²) in [4.78, 5) is 24.5. The van der Waals surface area contributed by atoms with Gasteiger partial charge >= 0.3 is 12.1 Å². The van der Waals surface area contributed by atoms with Crippen molar-refractivity contribution in [2.75, 3.05) is 13.2 Å². The van der Waals surface area contributed by atoms with E-state index in [4.69, 9.17) is 9.84 Å². The third-order valence-electron chi connectivity index (χ3n) is 4.98. The van der Waals surface area contributed by atoms with Crippen LogP contribution < -0.4 is 0 Å². The number of benzene rings is 2. The van der Waals surface area contributed by atoms with E-state index in [9.17, 15) is 9.59 Å². The first-order valence-electron chi connectivity index (χ1n) is 7.88. The minimum atomic E-state index is -1.12. The molecule has 4 rings (SSSR count). The zero-order chi connectivity index (χ0) is 16.9. The van der Waals surface area contributed by atoms with Crippen LogP contribution in [-0.2, 0) is 9.53 Å². The van der Waals surface area contributed by atoms with Gasteiger partial charge in [-0.2, -0.15) is 0 Å². The van der Waals surface area contributed by atoms with E-state index in [2.05, 4.69) is 12.1 Å². The molecule has 0 saturated carbocycles. The molecule has 0 radical (unpaired) electrons. The van der Waals surface area contributed by atoms with Gasteiger partial charge in [0.2, 0.25) is 0 Å². The molecule has 1 aliphatic carbocycles. The summed E-state index contributed by atoms with van der Waals surface area (Å²) >= 11 is 0. The molecule has 2 aromatic carbocycles. The number of carbonyl (C=O) groups excluding carboxylic acids is 1. The van der Waals surface area contributed by atoms with Gasteiger partial charge in [-0.3, -0.25) is 4.90 Å². The summed E-state index contributed by atoms with van der Waals surface area (Å²) in [6, 6.07) is 16.2. The Morgan fingerprint density at radius 3 is 2.17 bits per heavy atom. The maximum atomic E-state index is 12.1. The Balaban J connectivity index is 1.54. The molecule has 2 aromatic rings. The average Bonchev–Trinajstić information content (AvgIpc) is 3.20. The van der Waals surface area contributed by atoms with Crippen LogP contribution in [0.25, 0.3) is 11.1 Å². The van der Waals surface area contributed by atoms with Gasteiger partial charge < -0.3 is 9.84 Å². The minimum absolute atomic E-state index is 0.0163. The number of amides is 1. The molecule has 5 heteroatoms. The minimum Gasteiger partial charge on any atom is -0.479 e. The summed E-state index contributed by atoms with van der Waals surface area (Å²) in [6.45, 7) is 1.93. The Hall–Kier alpha value is -2.82. The summed E-state index contributed by atoms with van der Waals surface area (Å²) in [7, 11) is 0. The second kappa shape index (κ2) is 5.09. The summed E-state index contributed by atoms with van der Waals surface area (Å²) in [5, 5.41) is 9.12. The Bertz CT molecular complexity index is 801. The highest BCUT2D eigenvalue weighted by molar-refractivity contribution is 5.90. The SMILES string of the molecule is CC1(C(=O)O)CN1C(=O)OCC1c2ccccc2-c2ccccc21. The lowest BCUT2D eigenvalue weighted by molar-refractivity contribution is -0.140. The Kier molecular flexibility index (Phi) is 3.13. The molecule has 0 aromatic heterocycles. The van der Waals surface area contributed by atoms with E-state index >= 15 is 0 Å². The van der Waals surface area contributed by atoms with E-state index < -0.39 is 17.6 Å². The number of carboxylic acid groups (broad SMARTS) is 1. The van der Waals surface area contributed by atoms with Crippen molar-refractivity contribution in [1.29, 1.82) is 0 Å². The highest BCUT2D eigenvalue weighted by atomic mass is 16.6. The fourth-order valence-electron chi connectivity index (χ4n) is 3.39. The van der Waals surface area contributed by atoms with Crippen LogP contribution in [0.5, 0.6) is 0 Å². The zero-order valence-corrected chi connectivity index (χ0v) is 13.2. The predicted octanol–water partition coefficient (Wildman–Crippen LogP) is 3.09. The number of rotatable bonds is 3. The second-order valence-electron chi connectivity index (χ2n) is 6.47. The molecule has 5 nitrogen and oxygen atoms in total. The number of hydrogen-bond donors (Lipinski definition) is 1. The van der Waals surface area contributed by atoms with Gasteiger partial charge in [-0.25, -0.2) is 9.59 Å². The maximum Gasteiger partial charge on any atom is 0.410 e. The molecule has 1 N–H and O–H groups in total. The third-order valence-corrected chi connectivity index (χ3v) is 4.98. The van der Waals surface area contributed by atoms with Crippen LogP contribution in [-0.4, -0.2) is 40.8 Å². The van der Waals surface area contributed by atoms with Gasteiger partial charge in [-0.1, -0.05) is 48.5 Å². The van der Waals surface area contributed by atoms with Gasteiger partial charge in [0.25, 0.3) is 0 Å². The smallest absolute Gasteiger partial charge is 0.410 e. The number of fused-ring (bicyclic) bond motifs is 3. The third kappa shape index (κ3) is 2.08. The topological polar surface area (TPSA) is 66.6 Å². The van der Waals surface area contributed by atoms with E-state index in [1.165, 1.54) is 11.8 Å². The van der Waals surface area contributed by atoms with Crippen molar-refractivity contribution in [3.8, 4) is 11.1 Å². The summed E-state index contributed by atoms with van der Waals surface area (Å²) in [5.74, 6) is -1.02. The molecule has 24 heavy (non-hydrogen) atoms. The van der Waals surface area contributed by atoms with Crippen LogP contribution in [0.15, 0.2) is 48.5 Å². The van der Waals surface area contributed by atoms with Gasteiger partial charge in [-0.15, -0.1) is 0 Å². The number of carbonyl (C=O) groups is 2. The molecule has 122 valence electrons. The van der Waals surface area contributed by atoms with Crippen LogP contribution >= 0.6 is 0 Å². The Labute approximate surface area is 139 Å². The van der Waals surface area contributed by atoms with Gasteiger partial charge in [0.05, 0.1) is 6.54 Å². The standard InChI is InChI=1S/C19H17NO4/c1-19(17(21)22)11-20(19)18(23)24-10-16-14-8-4-2-6-12(14)13-7-3-5-9-15(13)16/h2-9,16H,10-11H2,1H3,(H,21,22). The van der Waals surface area contributed by atoms with Crippen molar-refractivity contribution in [1.82, 2.24) is 4.90 Å². The molecule has 1 fully saturated rings. The molecular formula is C19H17NO4. The first-order valence-corrected chi connectivity index (χ1v) is 7.88. The highest BCUT2D eigenvalue weighted by Crippen LogP contribution is 2.44. The number of hydrogen-bond acceptors (Lipinski definition) is 3. The summed E-state index contributed by atoms with van der Waals surface area (Å²) in [5.41, 5.74) is 3.48. The van der Waals surface area contributed by atoms with Crippen LogP contribution in [0, 0.1) is 0 Å². The molecule has 1 atom stereocenters. The van der Waals surface area contributed by atoms with Crippen molar-refractivity contribution < 1.29 is 19.4 Å². The molecular weight excluding hydrogens is 306 g/mol. The van der Waals surface area contributed by atoms with Crippen LogP contribution in [0.3, 0.4) is 0 Å². The van der Waals surface area contributed by atoms with Crippen molar-refractivity contribution in [2.24, 2.45) is 0 Å². The molecule has 1 amide bonds. The Morgan fingerprint density at radius 2 is 1.67 bits per heavy atom. The van der Waals surface area contributed by atoms with Gasteiger partial charge in [0.15, 0.2) is 5.54 Å². The van der Waals surface area contributed by atoms with Gasteiger partial charge in [0, 0.05) is 5.92 Å². The fourth-order valence-corrected chi connectivity index (χ4v) is 3.39. The first kappa shape index (κ1) is 14.8. The van der Waals surface area contributed by atoms with Crippen molar-refractivity contribution in [3.05, 3.63) is 59.7 Å². The summed E-state index contributed by atoms with van der Waals surface area (Å²) < 4.78 is 5.43. The molecule has 2 aliphatic rings. The molecule has 1 saturated heterocycles. The molecule has 1 heterocycles. The van der Waals surface area contributed by atoms with Gasteiger partial charge in [-0.05, 0) is 29.2 Å². The number of nitrogens with zero attached hydrogens (tertiary/aromatic N) is 1. The molecule has 1 unspecified atom stereocenters. The number of ether oxygens (including phenoxy) is 1. The fraction of sp³-hybridized carbons (Fsp3) is 0.263. The predicted molar refractivity (Wildman–Crippen MR) is 87.8 cm³/mol. The second-order valence-corrected chi connectivity index (χ2v) is 6.47. The quantitative estimate of drug-likeness (QED) is 0.882. The first-order chi connectivity index (χ1) is 11.5. The lowest BCUT2D eigenvalue weighted by Crippen LogP contribution is -2.29. The highest BCUT2D eigenvalue weighted by Gasteiger charge is 2.58. The van der Waals surface area contributed by atoms with E-state index in [1.54, 1.807) is 0 Å². The van der Waals surface area contributed by atoms with Crippen molar-refractivity contribution in [2.45, 2.75) is 18.4 Å². The van der Waals surface area contributed by atoms with Gasteiger partial charge in [0.1, 0.15) is 6.61 Å². The van der Waals surface area contributed by atoms with Crippen LogP contribution in [0.4, 0.5) is 4.79 Å². The molecule has 0 bridgehead atoms. The van der Waals surface area contributed by atoms with E-state index in [0.717, 1.165) is 22.3 Å². The van der Waals surface area contributed by atoms with E-state index in [0.29, 0.717) is 0 Å². The normalized spacial score (nSPS) is 21.1. The van der Waals surface area contributed by atoms with Crippen molar-refractivity contribution >= 4 is 12.1 Å². The van der Waals surface area contributed by atoms with Crippen molar-refractivity contribution in [3.63, 3.8) is 0 Å². The van der Waals surface area contributed by atoms with Crippen LogP contribution in [0.1, 0.15) is 24.0 Å². The Morgan fingerprint density at radius 1 is 1.12 bits per heavy atom. The van der Waals surface area contributed by atoms with E-state index in [-0.39, 0.29) is 19.1 Å². The lowest BCUT2D eigenvalue weighted by atomic mass is 9.98. The number of carboxylic acids is 1. The monoisotopic (exact) mass is 323 g/mol. The molecule has 1 aliphatic heterocycles. The average molecular weight is 323 g/mol.